The molecule has 2 atom stereocenters. The Bertz CT molecular complexity index is 1490. The smallest absolute Gasteiger partial charge is 0.407 e. The molecule has 0 radical (unpaired) electrons. The van der Waals surface area contributed by atoms with Crippen molar-refractivity contribution in [2.45, 2.75) is 23.9 Å². The third-order valence-corrected chi connectivity index (χ3v) is 8.74. The molecular weight excluding hydrogens is 592 g/mol. The molecule has 1 saturated heterocycles. The van der Waals surface area contributed by atoms with Gasteiger partial charge in [0.1, 0.15) is 23.7 Å². The highest BCUT2D eigenvalue weighted by Crippen LogP contribution is 2.41. The second-order valence-electron chi connectivity index (χ2n) is 11.0. The van der Waals surface area contributed by atoms with Crippen molar-refractivity contribution in [2.24, 2.45) is 0 Å². The van der Waals surface area contributed by atoms with Crippen molar-refractivity contribution in [3.05, 3.63) is 119 Å². The average Bonchev–Trinajstić information content (AvgIpc) is 3.05. The van der Waals surface area contributed by atoms with E-state index < -0.39 is 35.5 Å². The van der Waals surface area contributed by atoms with Gasteiger partial charge in [0.25, 0.3) is 5.91 Å². The number of carbonyl (C=O) groups excluding carboxylic acids is 4. The Morgan fingerprint density at radius 2 is 1.53 bits per heavy atom. The lowest BCUT2D eigenvalue weighted by Gasteiger charge is -2.49. The predicted octanol–water partition coefficient (Wildman–Crippen LogP) is 3.50. The zero-order valence-electron chi connectivity index (χ0n) is 25.2. The summed E-state index contributed by atoms with van der Waals surface area (Å²) in [4.78, 5) is 56.1. The van der Waals surface area contributed by atoms with Crippen molar-refractivity contribution in [2.75, 3.05) is 39.5 Å². The third-order valence-electron chi connectivity index (χ3n) is 7.40. The molecule has 0 aromatic heterocycles. The van der Waals surface area contributed by atoms with Gasteiger partial charge in [-0.15, -0.1) is 11.8 Å². The zero-order valence-corrected chi connectivity index (χ0v) is 26.0. The molecule has 3 amide bonds. The lowest BCUT2D eigenvalue weighted by atomic mass is 10.0. The largest absolute Gasteiger partial charge is 0.448 e. The van der Waals surface area contributed by atoms with Gasteiger partial charge in [-0.2, -0.15) is 0 Å². The predicted molar refractivity (Wildman–Crippen MR) is 171 cm³/mol. The van der Waals surface area contributed by atoms with Gasteiger partial charge in [-0.05, 0) is 30.8 Å². The zero-order chi connectivity index (χ0) is 31.8. The number of amides is 3. The molecule has 1 fully saturated rings. The number of nitrogens with one attached hydrogen (secondary N) is 2. The molecule has 2 heterocycles. The molecule has 3 aromatic carbocycles. The van der Waals surface area contributed by atoms with E-state index in [4.69, 9.17) is 9.47 Å². The van der Waals surface area contributed by atoms with Crippen LogP contribution in [0.4, 0.5) is 4.79 Å². The normalized spacial score (nSPS) is 17.4. The SMILES string of the molecule is CN(C)CCNC(=O)OCC1=C(C(=O)OC(c2ccccc2)c2ccccc2)N2C(=O)C(NC(=O)Cc3ccccc3)[C@@H]2SC1. The maximum atomic E-state index is 14.0. The van der Waals surface area contributed by atoms with Crippen molar-refractivity contribution >= 4 is 35.6 Å². The third kappa shape index (κ3) is 7.92. The molecule has 2 aliphatic heterocycles. The van der Waals surface area contributed by atoms with Crippen LogP contribution in [0.25, 0.3) is 0 Å². The van der Waals surface area contributed by atoms with Gasteiger partial charge in [-0.1, -0.05) is 91.0 Å². The summed E-state index contributed by atoms with van der Waals surface area (Å²) in [6.45, 7) is 0.822. The fourth-order valence-electron chi connectivity index (χ4n) is 5.12. The van der Waals surface area contributed by atoms with Gasteiger partial charge < -0.3 is 25.0 Å². The number of alkyl carbamates (subject to hydrolysis) is 1. The molecule has 0 aliphatic carbocycles. The number of likely N-dealkylation sites (N-methyl/N-ethyl adjacent to an activating group) is 1. The molecule has 3 aromatic rings. The standard InChI is InChI=1S/C34H36N4O6S/c1-37(2)19-18-35-34(42)43-21-26-22-45-32-28(36-27(39)20-23-12-6-3-7-13-23)31(40)38(32)29(26)33(41)44-30(24-14-8-4-9-15-24)25-16-10-5-11-17-25/h3-17,28,30,32H,18-22H2,1-2H3,(H,35,42)(H,36,39)/t28?,32-/m0/s1. The van der Waals surface area contributed by atoms with E-state index in [1.807, 2.05) is 110 Å². The first-order chi connectivity index (χ1) is 21.8. The lowest BCUT2D eigenvalue weighted by Crippen LogP contribution is -2.70. The van der Waals surface area contributed by atoms with E-state index in [9.17, 15) is 19.2 Å². The first kappa shape index (κ1) is 31.8. The minimum atomic E-state index is -0.801. The second-order valence-corrected chi connectivity index (χ2v) is 12.1. The Labute approximate surface area is 266 Å². The van der Waals surface area contributed by atoms with Crippen molar-refractivity contribution in [3.63, 3.8) is 0 Å². The number of fused-ring (bicyclic) bond motifs is 1. The number of β-lactam (4-membered cyclic amide) rings is 1. The van der Waals surface area contributed by atoms with Gasteiger partial charge in [-0.25, -0.2) is 9.59 Å². The van der Waals surface area contributed by atoms with Crippen molar-refractivity contribution in [1.82, 2.24) is 20.4 Å². The minimum Gasteiger partial charge on any atom is -0.448 e. The number of nitrogens with zero attached hydrogens (tertiary/aromatic N) is 2. The number of benzene rings is 3. The number of ether oxygens (including phenoxy) is 2. The molecule has 11 heteroatoms. The van der Waals surface area contributed by atoms with Crippen molar-refractivity contribution in [1.29, 1.82) is 0 Å². The van der Waals surface area contributed by atoms with Gasteiger partial charge in [0, 0.05) is 24.4 Å². The maximum Gasteiger partial charge on any atom is 0.407 e. The first-order valence-electron chi connectivity index (χ1n) is 14.7. The van der Waals surface area contributed by atoms with Crippen LogP contribution in [0.3, 0.4) is 0 Å². The second kappa shape index (κ2) is 14.9. The average molecular weight is 629 g/mol. The van der Waals surface area contributed by atoms with Crippen LogP contribution in [-0.4, -0.2) is 84.6 Å². The van der Waals surface area contributed by atoms with Crippen molar-refractivity contribution in [3.8, 4) is 0 Å². The van der Waals surface area contributed by atoms with E-state index in [-0.39, 0.29) is 24.6 Å². The number of hydrogen-bond donors (Lipinski definition) is 2. The van der Waals surface area contributed by atoms with Gasteiger partial charge in [0.15, 0.2) is 6.10 Å². The van der Waals surface area contributed by atoms with Gasteiger partial charge >= 0.3 is 12.1 Å². The Balaban J connectivity index is 1.37. The van der Waals surface area contributed by atoms with Crippen molar-refractivity contribution < 1.29 is 28.7 Å². The van der Waals surface area contributed by atoms with Crippen LogP contribution >= 0.6 is 11.8 Å². The Hall–Kier alpha value is -4.61. The molecule has 5 rings (SSSR count). The monoisotopic (exact) mass is 628 g/mol. The highest BCUT2D eigenvalue weighted by Gasteiger charge is 2.54. The molecule has 45 heavy (non-hydrogen) atoms. The van der Waals surface area contributed by atoms with Gasteiger partial charge in [-0.3, -0.25) is 14.5 Å². The molecule has 234 valence electrons. The van der Waals surface area contributed by atoms with Crippen LogP contribution in [-0.2, 0) is 30.3 Å². The summed E-state index contributed by atoms with van der Waals surface area (Å²) in [5.41, 5.74) is 2.84. The van der Waals surface area contributed by atoms with E-state index in [1.54, 1.807) is 0 Å². The van der Waals surface area contributed by atoms with Crippen LogP contribution in [0.15, 0.2) is 102 Å². The minimum absolute atomic E-state index is 0.0373. The van der Waals surface area contributed by atoms with Crippen LogP contribution < -0.4 is 10.6 Å². The van der Waals surface area contributed by atoms with E-state index in [0.717, 1.165) is 16.7 Å². The van der Waals surface area contributed by atoms with E-state index in [0.29, 0.717) is 24.4 Å². The summed E-state index contributed by atoms with van der Waals surface area (Å²) in [6.07, 6.45) is -1.24. The number of carbonyl (C=O) groups is 4. The fraction of sp³-hybridized carbons (Fsp3) is 0.294. The van der Waals surface area contributed by atoms with Crippen LogP contribution in [0.1, 0.15) is 22.8 Å². The summed E-state index contributed by atoms with van der Waals surface area (Å²) in [5, 5.41) is 5.02. The van der Waals surface area contributed by atoms with Crippen LogP contribution in [0.5, 0.6) is 0 Å². The molecule has 0 saturated carbocycles. The summed E-state index contributed by atoms with van der Waals surface area (Å²) >= 11 is 1.39. The highest BCUT2D eigenvalue weighted by molar-refractivity contribution is 8.00. The highest BCUT2D eigenvalue weighted by atomic mass is 32.2. The Morgan fingerprint density at radius 3 is 2.13 bits per heavy atom. The molecular formula is C34H36N4O6S. The maximum absolute atomic E-state index is 14.0. The fourth-order valence-corrected chi connectivity index (χ4v) is 6.45. The molecule has 10 nitrogen and oxygen atoms in total. The topological polar surface area (TPSA) is 117 Å². The number of thioether (sulfide) groups is 1. The first-order valence-corrected chi connectivity index (χ1v) is 15.7. The van der Waals surface area contributed by atoms with E-state index in [2.05, 4.69) is 10.6 Å². The Kier molecular flexibility index (Phi) is 10.5. The van der Waals surface area contributed by atoms with E-state index in [1.165, 1.54) is 16.7 Å². The number of hydrogen-bond acceptors (Lipinski definition) is 8. The Morgan fingerprint density at radius 1 is 0.933 bits per heavy atom. The lowest BCUT2D eigenvalue weighted by molar-refractivity contribution is -0.154. The molecule has 0 spiro atoms. The quantitative estimate of drug-likeness (QED) is 0.231. The molecule has 2 N–H and O–H groups in total. The molecule has 0 bridgehead atoms. The number of rotatable bonds is 12. The van der Waals surface area contributed by atoms with Crippen LogP contribution in [0.2, 0.25) is 0 Å². The number of esters is 1. The summed E-state index contributed by atoms with van der Waals surface area (Å²) in [5.74, 6) is -1.13. The summed E-state index contributed by atoms with van der Waals surface area (Å²) in [7, 11) is 3.79. The van der Waals surface area contributed by atoms with Gasteiger partial charge in [0.05, 0.1) is 6.42 Å². The summed E-state index contributed by atoms with van der Waals surface area (Å²) < 4.78 is 11.6. The van der Waals surface area contributed by atoms with Gasteiger partial charge in [0.2, 0.25) is 5.91 Å². The summed E-state index contributed by atoms with van der Waals surface area (Å²) in [6, 6.07) is 27.1. The molecule has 2 aliphatic rings. The van der Waals surface area contributed by atoms with Crippen LogP contribution in [0, 0.1) is 0 Å². The molecule has 1 unspecified atom stereocenters. The van der Waals surface area contributed by atoms with E-state index >= 15 is 0 Å².